The maximum atomic E-state index is 6.11. The first-order valence-corrected chi connectivity index (χ1v) is 7.54. The summed E-state index contributed by atoms with van der Waals surface area (Å²) in [7, 11) is 4.02. The molecule has 0 saturated heterocycles. The lowest BCUT2D eigenvalue weighted by Crippen LogP contribution is -2.39. The first kappa shape index (κ1) is 14.5. The average Bonchev–Trinajstić information content (AvgIpc) is 2.86. The molecular formula is C15H27N3O. The number of hydrogen-bond donors (Lipinski definition) is 1. The second-order valence-electron chi connectivity index (χ2n) is 5.46. The van der Waals surface area contributed by atoms with Gasteiger partial charge in [0.05, 0.1) is 17.8 Å². The van der Waals surface area contributed by atoms with Crippen molar-refractivity contribution in [3.8, 4) is 0 Å². The Morgan fingerprint density at radius 3 is 2.68 bits per heavy atom. The van der Waals surface area contributed by atoms with Crippen molar-refractivity contribution in [2.75, 3.05) is 13.7 Å². The highest BCUT2D eigenvalue weighted by Crippen LogP contribution is 2.34. The van der Waals surface area contributed by atoms with Crippen molar-refractivity contribution in [3.05, 3.63) is 18.0 Å². The summed E-state index contributed by atoms with van der Waals surface area (Å²) in [6.45, 7) is 2.86. The summed E-state index contributed by atoms with van der Waals surface area (Å²) in [6, 6.07) is 2.33. The van der Waals surface area contributed by atoms with E-state index >= 15 is 0 Å². The molecular weight excluding hydrogens is 238 g/mol. The standard InChI is InChI=1S/C15H27N3O/c1-4-19-15(12-8-6-5-7-9-12)14(16-2)13-10-11-17-18(13)3/h10-12,14-16H,4-9H2,1-3H3. The van der Waals surface area contributed by atoms with Gasteiger partial charge in [0.1, 0.15) is 0 Å². The van der Waals surface area contributed by atoms with Gasteiger partial charge in [-0.3, -0.25) is 4.68 Å². The summed E-state index contributed by atoms with van der Waals surface area (Å²) in [5.74, 6) is 0.668. The van der Waals surface area contributed by atoms with Crippen LogP contribution in [-0.4, -0.2) is 29.5 Å². The van der Waals surface area contributed by atoms with E-state index in [1.54, 1.807) is 0 Å². The van der Waals surface area contributed by atoms with E-state index in [4.69, 9.17) is 4.74 Å². The molecule has 4 heteroatoms. The molecule has 0 bridgehead atoms. The van der Waals surface area contributed by atoms with E-state index in [9.17, 15) is 0 Å². The number of rotatable bonds is 6. The van der Waals surface area contributed by atoms with Crippen molar-refractivity contribution in [3.63, 3.8) is 0 Å². The third-order valence-corrected chi connectivity index (χ3v) is 4.29. The predicted molar refractivity (Wildman–Crippen MR) is 77.0 cm³/mol. The topological polar surface area (TPSA) is 39.1 Å². The first-order chi connectivity index (χ1) is 9.27. The summed E-state index contributed by atoms with van der Waals surface area (Å²) in [4.78, 5) is 0. The van der Waals surface area contributed by atoms with E-state index in [-0.39, 0.29) is 12.1 Å². The Labute approximate surface area is 116 Å². The minimum absolute atomic E-state index is 0.232. The SMILES string of the molecule is CCOC(C1CCCCC1)C(NC)c1ccnn1C. The summed E-state index contributed by atoms with van der Waals surface area (Å²) < 4.78 is 8.06. The number of nitrogens with one attached hydrogen (secondary N) is 1. The highest BCUT2D eigenvalue weighted by molar-refractivity contribution is 5.09. The molecule has 19 heavy (non-hydrogen) atoms. The maximum Gasteiger partial charge on any atom is 0.0812 e. The van der Waals surface area contributed by atoms with Gasteiger partial charge in [0.15, 0.2) is 0 Å². The first-order valence-electron chi connectivity index (χ1n) is 7.54. The Bertz CT molecular complexity index is 371. The zero-order valence-electron chi connectivity index (χ0n) is 12.4. The molecule has 0 aromatic carbocycles. The molecule has 2 rings (SSSR count). The number of aromatic nitrogens is 2. The van der Waals surface area contributed by atoms with Gasteiger partial charge in [0.2, 0.25) is 0 Å². The second kappa shape index (κ2) is 7.06. The number of ether oxygens (including phenoxy) is 1. The fraction of sp³-hybridized carbons (Fsp3) is 0.800. The molecule has 0 spiro atoms. The Kier molecular flexibility index (Phi) is 5.40. The van der Waals surface area contributed by atoms with E-state index in [2.05, 4.69) is 23.4 Å². The normalized spacial score (nSPS) is 20.4. The van der Waals surface area contributed by atoms with Crippen LogP contribution < -0.4 is 5.32 Å². The van der Waals surface area contributed by atoms with Gasteiger partial charge < -0.3 is 10.1 Å². The largest absolute Gasteiger partial charge is 0.376 e. The van der Waals surface area contributed by atoms with Crippen molar-refractivity contribution in [1.82, 2.24) is 15.1 Å². The molecule has 0 amide bonds. The Morgan fingerprint density at radius 2 is 2.16 bits per heavy atom. The summed E-state index contributed by atoms with van der Waals surface area (Å²) in [5.41, 5.74) is 1.21. The van der Waals surface area contributed by atoms with Gasteiger partial charge in [0, 0.05) is 19.9 Å². The van der Waals surface area contributed by atoms with Crippen LogP contribution >= 0.6 is 0 Å². The van der Waals surface area contributed by atoms with Crippen molar-refractivity contribution >= 4 is 0 Å². The van der Waals surface area contributed by atoms with Crippen LogP contribution in [0.15, 0.2) is 12.3 Å². The number of likely N-dealkylation sites (N-methyl/N-ethyl adjacent to an activating group) is 1. The summed E-state index contributed by atoms with van der Waals surface area (Å²) >= 11 is 0. The smallest absolute Gasteiger partial charge is 0.0812 e. The van der Waals surface area contributed by atoms with Crippen LogP contribution in [0.1, 0.15) is 50.8 Å². The van der Waals surface area contributed by atoms with Gasteiger partial charge in [-0.1, -0.05) is 19.3 Å². The molecule has 0 radical (unpaired) electrons. The molecule has 1 aromatic rings. The van der Waals surface area contributed by atoms with Gasteiger partial charge in [-0.25, -0.2) is 0 Å². The van der Waals surface area contributed by atoms with Gasteiger partial charge in [0.25, 0.3) is 0 Å². The van der Waals surface area contributed by atoms with Gasteiger partial charge >= 0.3 is 0 Å². The molecule has 1 aliphatic carbocycles. The third kappa shape index (κ3) is 3.37. The highest BCUT2D eigenvalue weighted by atomic mass is 16.5. The van der Waals surface area contributed by atoms with Gasteiger partial charge in [-0.05, 0) is 38.8 Å². The lowest BCUT2D eigenvalue weighted by molar-refractivity contribution is -0.0184. The zero-order chi connectivity index (χ0) is 13.7. The average molecular weight is 265 g/mol. The zero-order valence-corrected chi connectivity index (χ0v) is 12.4. The van der Waals surface area contributed by atoms with Crippen LogP contribution in [0.2, 0.25) is 0 Å². The van der Waals surface area contributed by atoms with E-state index in [0.29, 0.717) is 5.92 Å². The second-order valence-corrected chi connectivity index (χ2v) is 5.46. The van der Waals surface area contributed by atoms with E-state index in [0.717, 1.165) is 6.61 Å². The molecule has 1 saturated carbocycles. The van der Waals surface area contributed by atoms with E-state index in [1.165, 1.54) is 37.8 Å². The Hall–Kier alpha value is -0.870. The molecule has 108 valence electrons. The monoisotopic (exact) mass is 265 g/mol. The Balaban J connectivity index is 2.17. The molecule has 1 heterocycles. The predicted octanol–water partition coefficient (Wildman–Crippen LogP) is 2.67. The molecule has 2 unspecified atom stereocenters. The van der Waals surface area contributed by atoms with Crippen LogP contribution in [0.25, 0.3) is 0 Å². The van der Waals surface area contributed by atoms with Gasteiger partial charge in [-0.15, -0.1) is 0 Å². The van der Waals surface area contributed by atoms with E-state index < -0.39 is 0 Å². The van der Waals surface area contributed by atoms with Crippen LogP contribution in [0, 0.1) is 5.92 Å². The third-order valence-electron chi connectivity index (χ3n) is 4.29. The van der Waals surface area contributed by atoms with Crippen LogP contribution in [0.5, 0.6) is 0 Å². The molecule has 1 fully saturated rings. The van der Waals surface area contributed by atoms with Crippen molar-refractivity contribution in [2.45, 2.75) is 51.2 Å². The Morgan fingerprint density at radius 1 is 1.42 bits per heavy atom. The molecule has 4 nitrogen and oxygen atoms in total. The number of hydrogen-bond acceptors (Lipinski definition) is 3. The number of nitrogens with zero attached hydrogens (tertiary/aromatic N) is 2. The van der Waals surface area contributed by atoms with Gasteiger partial charge in [-0.2, -0.15) is 5.10 Å². The molecule has 1 aromatic heterocycles. The summed E-state index contributed by atoms with van der Waals surface area (Å²) in [6.07, 6.45) is 8.77. The van der Waals surface area contributed by atoms with Crippen molar-refractivity contribution in [1.29, 1.82) is 0 Å². The molecule has 1 N–H and O–H groups in total. The maximum absolute atomic E-state index is 6.11. The van der Waals surface area contributed by atoms with Crippen LogP contribution in [0.4, 0.5) is 0 Å². The van der Waals surface area contributed by atoms with Crippen molar-refractivity contribution < 1.29 is 4.74 Å². The van der Waals surface area contributed by atoms with E-state index in [1.807, 2.05) is 25.0 Å². The quantitative estimate of drug-likeness (QED) is 0.859. The fourth-order valence-corrected chi connectivity index (χ4v) is 3.33. The lowest BCUT2D eigenvalue weighted by atomic mass is 9.81. The summed E-state index contributed by atoms with van der Waals surface area (Å²) in [5, 5.41) is 7.74. The van der Waals surface area contributed by atoms with Crippen LogP contribution in [-0.2, 0) is 11.8 Å². The molecule has 2 atom stereocenters. The van der Waals surface area contributed by atoms with Crippen molar-refractivity contribution in [2.24, 2.45) is 13.0 Å². The molecule has 1 aliphatic rings. The molecule has 0 aliphatic heterocycles. The number of aryl methyl sites for hydroxylation is 1. The highest BCUT2D eigenvalue weighted by Gasteiger charge is 2.32. The fourth-order valence-electron chi connectivity index (χ4n) is 3.33. The minimum atomic E-state index is 0.232. The minimum Gasteiger partial charge on any atom is -0.376 e. The van der Waals surface area contributed by atoms with Crippen LogP contribution in [0.3, 0.4) is 0 Å². The lowest BCUT2D eigenvalue weighted by Gasteiger charge is -2.35.